The van der Waals surface area contributed by atoms with Gasteiger partial charge in [0.2, 0.25) is 23.6 Å². The van der Waals surface area contributed by atoms with Crippen LogP contribution in [0.4, 0.5) is 0 Å². The number of hydrogen-bond donors (Lipinski definition) is 9. The first-order chi connectivity index (χ1) is 16.8. The van der Waals surface area contributed by atoms with Crippen LogP contribution in [0, 0.1) is 0 Å². The third kappa shape index (κ3) is 10.6. The molecule has 1 aromatic rings. The molecule has 0 aliphatic carbocycles. The third-order valence-corrected chi connectivity index (χ3v) is 5.22. The Kier molecular flexibility index (Phi) is 12.2. The van der Waals surface area contributed by atoms with Gasteiger partial charge in [-0.2, -0.15) is 12.6 Å². The van der Waals surface area contributed by atoms with Gasteiger partial charge >= 0.3 is 11.9 Å². The van der Waals surface area contributed by atoms with Crippen LogP contribution in [0.25, 0.3) is 0 Å². The van der Waals surface area contributed by atoms with Crippen molar-refractivity contribution >= 4 is 48.2 Å². The van der Waals surface area contributed by atoms with Gasteiger partial charge in [0.15, 0.2) is 0 Å². The second-order valence-electron chi connectivity index (χ2n) is 7.78. The fourth-order valence-electron chi connectivity index (χ4n) is 2.91. The van der Waals surface area contributed by atoms with Gasteiger partial charge in [-0.15, -0.1) is 0 Å². The normalized spacial score (nSPS) is 13.9. The number of aliphatic carboxylic acids is 2. The monoisotopic (exact) mass is 527 g/mol. The van der Waals surface area contributed by atoms with Gasteiger partial charge < -0.3 is 42.7 Å². The zero-order valence-electron chi connectivity index (χ0n) is 19.0. The molecule has 198 valence electrons. The molecule has 0 aliphatic heterocycles. The topological polar surface area (TPSA) is 251 Å². The number of carbonyl (C=O) groups is 6. The summed E-state index contributed by atoms with van der Waals surface area (Å²) in [6, 6.07) is 0.116. The van der Waals surface area contributed by atoms with E-state index in [0.29, 0.717) is 5.56 Å². The SMILES string of the molecule is NC(=O)CC(NC(=O)C(N)CCC(=O)O)C(=O)NC(CS)C(=O)NC(Cc1ccc(O)cc1)C(=O)O. The molecule has 1 rings (SSSR count). The molecule has 4 atom stereocenters. The average molecular weight is 528 g/mol. The maximum absolute atomic E-state index is 12.7. The van der Waals surface area contributed by atoms with Gasteiger partial charge in [-0.3, -0.25) is 24.0 Å². The Labute approximate surface area is 211 Å². The predicted molar refractivity (Wildman–Crippen MR) is 128 cm³/mol. The Bertz CT molecular complexity index is 973. The number of primary amides is 1. The minimum Gasteiger partial charge on any atom is -0.508 e. The van der Waals surface area contributed by atoms with E-state index in [1.807, 2.05) is 0 Å². The second kappa shape index (κ2) is 14.5. The van der Waals surface area contributed by atoms with Gasteiger partial charge in [0.25, 0.3) is 0 Å². The van der Waals surface area contributed by atoms with Crippen molar-refractivity contribution in [2.75, 3.05) is 5.75 Å². The van der Waals surface area contributed by atoms with Gasteiger partial charge in [0, 0.05) is 18.6 Å². The number of carboxylic acid groups (broad SMARTS) is 2. The van der Waals surface area contributed by atoms with Crippen molar-refractivity contribution in [2.45, 2.75) is 49.9 Å². The van der Waals surface area contributed by atoms with E-state index in [2.05, 4.69) is 28.6 Å². The van der Waals surface area contributed by atoms with Crippen LogP contribution < -0.4 is 27.4 Å². The minimum atomic E-state index is -1.53. The number of nitrogens with two attached hydrogens (primary N) is 2. The number of benzene rings is 1. The van der Waals surface area contributed by atoms with Crippen molar-refractivity contribution in [3.8, 4) is 5.75 Å². The highest BCUT2D eigenvalue weighted by Gasteiger charge is 2.30. The molecule has 0 radical (unpaired) electrons. The summed E-state index contributed by atoms with van der Waals surface area (Å²) in [6.07, 6.45) is -1.41. The molecule has 0 aromatic heterocycles. The van der Waals surface area contributed by atoms with Crippen LogP contribution >= 0.6 is 12.6 Å². The van der Waals surface area contributed by atoms with Crippen molar-refractivity contribution in [3.05, 3.63) is 29.8 Å². The Balaban J connectivity index is 2.87. The van der Waals surface area contributed by atoms with E-state index in [4.69, 9.17) is 16.6 Å². The first kappa shape index (κ1) is 30.2. The number of rotatable bonds is 15. The summed E-state index contributed by atoms with van der Waals surface area (Å²) >= 11 is 4.00. The number of phenolic OH excluding ortho intramolecular Hbond substituents is 1. The first-order valence-electron chi connectivity index (χ1n) is 10.6. The van der Waals surface area contributed by atoms with Gasteiger partial charge in [-0.05, 0) is 24.1 Å². The summed E-state index contributed by atoms with van der Waals surface area (Å²) in [5.74, 6) is -6.58. The van der Waals surface area contributed by atoms with Crippen LogP contribution in [0.1, 0.15) is 24.8 Å². The molecule has 0 fully saturated rings. The van der Waals surface area contributed by atoms with Gasteiger partial charge in [-0.1, -0.05) is 12.1 Å². The van der Waals surface area contributed by atoms with Crippen molar-refractivity contribution in [3.63, 3.8) is 0 Å². The predicted octanol–water partition coefficient (Wildman–Crippen LogP) is -2.53. The molecular weight excluding hydrogens is 498 g/mol. The number of hydrogen-bond acceptors (Lipinski definition) is 9. The van der Waals surface area contributed by atoms with Crippen molar-refractivity contribution in [2.24, 2.45) is 11.5 Å². The molecule has 0 spiro atoms. The van der Waals surface area contributed by atoms with Crippen LogP contribution in [0.15, 0.2) is 24.3 Å². The van der Waals surface area contributed by atoms with Crippen LogP contribution in [0.5, 0.6) is 5.75 Å². The fourth-order valence-corrected chi connectivity index (χ4v) is 3.16. The number of carbonyl (C=O) groups excluding carboxylic acids is 4. The summed E-state index contributed by atoms with van der Waals surface area (Å²) in [5, 5.41) is 34.3. The van der Waals surface area contributed by atoms with E-state index in [0.717, 1.165) is 0 Å². The number of nitrogens with one attached hydrogen (secondary N) is 3. The Morgan fingerprint density at radius 2 is 1.39 bits per heavy atom. The smallest absolute Gasteiger partial charge is 0.326 e. The van der Waals surface area contributed by atoms with Crippen molar-refractivity contribution < 1.29 is 44.1 Å². The van der Waals surface area contributed by atoms with Gasteiger partial charge in [0.05, 0.1) is 12.5 Å². The van der Waals surface area contributed by atoms with E-state index in [1.165, 1.54) is 24.3 Å². The summed E-state index contributed by atoms with van der Waals surface area (Å²) in [7, 11) is 0. The molecule has 0 saturated heterocycles. The number of amides is 4. The third-order valence-electron chi connectivity index (χ3n) is 4.85. The number of thiol groups is 1. The number of carboxylic acids is 2. The molecule has 1 aromatic carbocycles. The lowest BCUT2D eigenvalue weighted by Gasteiger charge is -2.24. The summed E-state index contributed by atoms with van der Waals surface area (Å²) < 4.78 is 0. The highest BCUT2D eigenvalue weighted by atomic mass is 32.1. The molecule has 14 nitrogen and oxygen atoms in total. The lowest BCUT2D eigenvalue weighted by molar-refractivity contribution is -0.142. The van der Waals surface area contributed by atoms with Gasteiger partial charge in [-0.25, -0.2) is 4.79 Å². The molecule has 15 heteroatoms. The summed E-state index contributed by atoms with van der Waals surface area (Å²) in [4.78, 5) is 71.3. The van der Waals surface area contributed by atoms with Crippen LogP contribution in [-0.2, 0) is 35.2 Å². The summed E-state index contributed by atoms with van der Waals surface area (Å²) in [6.45, 7) is 0. The molecule has 10 N–H and O–H groups in total. The average Bonchev–Trinajstić information content (AvgIpc) is 2.80. The summed E-state index contributed by atoms with van der Waals surface area (Å²) in [5.41, 5.74) is 11.2. The Morgan fingerprint density at radius 1 is 0.861 bits per heavy atom. The van der Waals surface area contributed by atoms with Crippen LogP contribution in [0.2, 0.25) is 0 Å². The highest BCUT2D eigenvalue weighted by Crippen LogP contribution is 2.11. The number of aromatic hydroxyl groups is 1. The van der Waals surface area contributed by atoms with Gasteiger partial charge in [0.1, 0.15) is 23.9 Å². The lowest BCUT2D eigenvalue weighted by Crippen LogP contribution is -2.58. The largest absolute Gasteiger partial charge is 0.508 e. The molecule has 36 heavy (non-hydrogen) atoms. The standard InChI is InChI=1S/C21H29N5O9S/c22-12(5-6-17(29)30)18(31)24-13(8-16(23)28)19(32)26-15(9-36)20(33)25-14(21(34)35)7-10-1-3-11(27)4-2-10/h1-4,12-15,27,36H,5-9,22H2,(H2,23,28)(H,24,31)(H,25,33)(H,26,32)(H,29,30)(H,34,35). The number of phenols is 1. The first-order valence-corrected chi connectivity index (χ1v) is 11.3. The van der Waals surface area contributed by atoms with E-state index in [9.17, 15) is 39.0 Å². The van der Waals surface area contributed by atoms with Crippen LogP contribution in [-0.4, -0.2) is 80.8 Å². The highest BCUT2D eigenvalue weighted by molar-refractivity contribution is 7.80. The molecule has 4 unspecified atom stereocenters. The van der Waals surface area contributed by atoms with Crippen LogP contribution in [0.3, 0.4) is 0 Å². The zero-order chi connectivity index (χ0) is 27.4. The van der Waals surface area contributed by atoms with E-state index >= 15 is 0 Å². The molecule has 0 aliphatic rings. The maximum atomic E-state index is 12.7. The quantitative estimate of drug-likeness (QED) is 0.108. The minimum absolute atomic E-state index is 0.0204. The molecule has 0 bridgehead atoms. The van der Waals surface area contributed by atoms with Crippen molar-refractivity contribution in [1.82, 2.24) is 16.0 Å². The Hall–Kier alpha value is -3.85. The molecule has 0 heterocycles. The molecule has 0 saturated carbocycles. The second-order valence-corrected chi connectivity index (χ2v) is 8.15. The van der Waals surface area contributed by atoms with E-state index in [-0.39, 0.29) is 24.3 Å². The Morgan fingerprint density at radius 3 is 1.89 bits per heavy atom. The van der Waals surface area contributed by atoms with Crippen molar-refractivity contribution in [1.29, 1.82) is 0 Å². The maximum Gasteiger partial charge on any atom is 0.326 e. The zero-order valence-corrected chi connectivity index (χ0v) is 19.9. The van der Waals surface area contributed by atoms with E-state index in [1.54, 1.807) is 0 Å². The molecular formula is C21H29N5O9S. The fraction of sp³-hybridized carbons (Fsp3) is 0.429. The van der Waals surface area contributed by atoms with E-state index < -0.39 is 72.6 Å². The molecule has 4 amide bonds. The lowest BCUT2D eigenvalue weighted by atomic mass is 10.1.